The van der Waals surface area contributed by atoms with E-state index in [1.54, 1.807) is 54.9 Å². The number of nitrogens with zero attached hydrogens (tertiary/aromatic N) is 1. The van der Waals surface area contributed by atoms with E-state index in [2.05, 4.69) is 10.3 Å². The fraction of sp³-hybridized carbons (Fsp3) is 0.0909. The lowest BCUT2D eigenvalue weighted by Crippen LogP contribution is -2.08. The highest BCUT2D eigenvalue weighted by Gasteiger charge is 2.17. The second-order valence-corrected chi connectivity index (χ2v) is 8.09. The Bertz CT molecular complexity index is 1090. The molecule has 0 spiro atoms. The van der Waals surface area contributed by atoms with Gasteiger partial charge in [-0.1, -0.05) is 25.1 Å². The zero-order valence-corrected chi connectivity index (χ0v) is 16.2. The lowest BCUT2D eigenvalue weighted by atomic mass is 10.2. The second-order valence-electron chi connectivity index (χ2n) is 6.14. The number of carbonyl (C=O) groups is 1. The highest BCUT2D eigenvalue weighted by Crippen LogP contribution is 2.23. The first-order chi connectivity index (χ1) is 13.5. The molecule has 0 saturated carbocycles. The largest absolute Gasteiger partial charge is 0.323 e. The van der Waals surface area contributed by atoms with Gasteiger partial charge in [0.15, 0.2) is 0 Å². The standard InChI is InChI=1S/C22H20N2O3S/c1-2-17-5-3-7-21(15-17)28(26,27)20-11-9-19(10-12-20)24-22(25)13-8-18-6-4-14-23-16-18/h3-16H,2H2,1H3,(H,24,25)/b13-8+. The van der Waals surface area contributed by atoms with E-state index in [9.17, 15) is 13.2 Å². The van der Waals surface area contributed by atoms with E-state index < -0.39 is 9.84 Å². The Balaban J connectivity index is 1.72. The van der Waals surface area contributed by atoms with Gasteiger partial charge in [0.2, 0.25) is 15.7 Å². The zero-order valence-electron chi connectivity index (χ0n) is 15.4. The van der Waals surface area contributed by atoms with Crippen molar-refractivity contribution in [3.8, 4) is 0 Å². The minimum absolute atomic E-state index is 0.185. The van der Waals surface area contributed by atoms with Crippen molar-refractivity contribution in [2.24, 2.45) is 0 Å². The quantitative estimate of drug-likeness (QED) is 0.640. The minimum atomic E-state index is -3.60. The highest BCUT2D eigenvalue weighted by molar-refractivity contribution is 7.91. The van der Waals surface area contributed by atoms with E-state index in [-0.39, 0.29) is 15.7 Å². The number of anilines is 1. The van der Waals surface area contributed by atoms with Gasteiger partial charge in [0.25, 0.3) is 0 Å². The van der Waals surface area contributed by atoms with Crippen LogP contribution in [-0.2, 0) is 21.1 Å². The van der Waals surface area contributed by atoms with Crippen LogP contribution in [0.3, 0.4) is 0 Å². The first kappa shape index (κ1) is 19.5. The Hall–Kier alpha value is -3.25. The number of nitrogens with one attached hydrogen (secondary N) is 1. The van der Waals surface area contributed by atoms with E-state index in [4.69, 9.17) is 0 Å². The zero-order chi connectivity index (χ0) is 20.0. The lowest BCUT2D eigenvalue weighted by Gasteiger charge is -2.08. The van der Waals surface area contributed by atoms with Crippen LogP contribution in [0.2, 0.25) is 0 Å². The molecule has 0 aliphatic rings. The molecular formula is C22H20N2O3S. The van der Waals surface area contributed by atoms with E-state index in [1.807, 2.05) is 19.1 Å². The van der Waals surface area contributed by atoms with Crippen LogP contribution in [0.15, 0.2) is 88.9 Å². The smallest absolute Gasteiger partial charge is 0.248 e. The van der Waals surface area contributed by atoms with Crippen LogP contribution < -0.4 is 5.32 Å². The summed E-state index contributed by atoms with van der Waals surface area (Å²) in [6.45, 7) is 1.98. The maximum absolute atomic E-state index is 12.8. The molecule has 6 heteroatoms. The van der Waals surface area contributed by atoms with Gasteiger partial charge in [-0.05, 0) is 66.1 Å². The van der Waals surface area contributed by atoms with Gasteiger partial charge in [0.1, 0.15) is 0 Å². The predicted molar refractivity (Wildman–Crippen MR) is 110 cm³/mol. The Morgan fingerprint density at radius 1 is 1.04 bits per heavy atom. The van der Waals surface area contributed by atoms with Gasteiger partial charge in [0, 0.05) is 24.2 Å². The Morgan fingerprint density at radius 3 is 2.50 bits per heavy atom. The summed E-state index contributed by atoms with van der Waals surface area (Å²) in [6.07, 6.45) is 7.13. The molecule has 2 aromatic carbocycles. The number of benzene rings is 2. The van der Waals surface area contributed by atoms with Gasteiger partial charge < -0.3 is 5.32 Å². The molecule has 1 aromatic heterocycles. The van der Waals surface area contributed by atoms with Crippen molar-refractivity contribution < 1.29 is 13.2 Å². The van der Waals surface area contributed by atoms with Crippen LogP contribution in [-0.4, -0.2) is 19.3 Å². The normalized spacial score (nSPS) is 11.5. The molecule has 0 aliphatic heterocycles. The lowest BCUT2D eigenvalue weighted by molar-refractivity contribution is -0.111. The van der Waals surface area contributed by atoms with E-state index in [0.717, 1.165) is 17.5 Å². The number of aromatic nitrogens is 1. The van der Waals surface area contributed by atoms with Gasteiger partial charge in [-0.2, -0.15) is 0 Å². The highest BCUT2D eigenvalue weighted by atomic mass is 32.2. The molecule has 3 aromatic rings. The third kappa shape index (κ3) is 4.72. The van der Waals surface area contributed by atoms with Crippen molar-refractivity contribution in [1.82, 2.24) is 4.98 Å². The Kier molecular flexibility index (Phi) is 6.01. The summed E-state index contributed by atoms with van der Waals surface area (Å²) in [6, 6.07) is 16.7. The van der Waals surface area contributed by atoms with Gasteiger partial charge in [0.05, 0.1) is 9.79 Å². The molecule has 0 atom stereocenters. The molecule has 0 fully saturated rings. The number of rotatable bonds is 6. The maximum Gasteiger partial charge on any atom is 0.248 e. The fourth-order valence-electron chi connectivity index (χ4n) is 2.62. The van der Waals surface area contributed by atoms with Crippen LogP contribution in [0, 0.1) is 0 Å². The second kappa shape index (κ2) is 8.63. The van der Waals surface area contributed by atoms with Crippen molar-refractivity contribution in [3.63, 3.8) is 0 Å². The average Bonchev–Trinajstić information content (AvgIpc) is 2.73. The number of hydrogen-bond acceptors (Lipinski definition) is 4. The van der Waals surface area contributed by atoms with Gasteiger partial charge in [-0.25, -0.2) is 8.42 Å². The minimum Gasteiger partial charge on any atom is -0.323 e. The summed E-state index contributed by atoms with van der Waals surface area (Å²) in [5.41, 5.74) is 2.29. The summed E-state index contributed by atoms with van der Waals surface area (Å²) in [4.78, 5) is 16.4. The van der Waals surface area contributed by atoms with E-state index in [0.29, 0.717) is 5.69 Å². The van der Waals surface area contributed by atoms with Crippen molar-refractivity contribution >= 4 is 27.5 Å². The molecule has 5 nitrogen and oxygen atoms in total. The summed E-state index contributed by atoms with van der Waals surface area (Å²) >= 11 is 0. The first-order valence-corrected chi connectivity index (χ1v) is 10.3. The van der Waals surface area contributed by atoms with Crippen LogP contribution >= 0.6 is 0 Å². The fourth-order valence-corrected chi connectivity index (χ4v) is 3.95. The molecule has 0 radical (unpaired) electrons. The van der Waals surface area contributed by atoms with E-state index >= 15 is 0 Å². The third-order valence-corrected chi connectivity index (χ3v) is 5.93. The topological polar surface area (TPSA) is 76.1 Å². The van der Waals surface area contributed by atoms with Crippen LogP contribution in [0.1, 0.15) is 18.1 Å². The van der Waals surface area contributed by atoms with Crippen molar-refractivity contribution in [3.05, 3.63) is 90.3 Å². The summed E-state index contributed by atoms with van der Waals surface area (Å²) in [5, 5.41) is 2.71. The number of carbonyl (C=O) groups excluding carboxylic acids is 1. The van der Waals surface area contributed by atoms with Gasteiger partial charge in [-0.3, -0.25) is 9.78 Å². The predicted octanol–water partition coefficient (Wildman–Crippen LogP) is 4.13. The number of amides is 1. The summed E-state index contributed by atoms with van der Waals surface area (Å²) in [5.74, 6) is -0.310. The molecule has 0 bridgehead atoms. The van der Waals surface area contributed by atoms with Crippen molar-refractivity contribution in [1.29, 1.82) is 0 Å². The molecule has 1 heterocycles. The maximum atomic E-state index is 12.8. The summed E-state index contributed by atoms with van der Waals surface area (Å²) < 4.78 is 25.6. The van der Waals surface area contributed by atoms with Gasteiger partial charge in [-0.15, -0.1) is 0 Å². The number of hydrogen-bond donors (Lipinski definition) is 1. The summed E-state index contributed by atoms with van der Waals surface area (Å²) in [7, 11) is -3.60. The van der Waals surface area contributed by atoms with Crippen molar-refractivity contribution in [2.75, 3.05) is 5.32 Å². The van der Waals surface area contributed by atoms with E-state index in [1.165, 1.54) is 18.2 Å². The molecule has 0 unspecified atom stereocenters. The molecule has 0 aliphatic carbocycles. The van der Waals surface area contributed by atoms with Crippen molar-refractivity contribution in [2.45, 2.75) is 23.1 Å². The monoisotopic (exact) mass is 392 g/mol. The molecule has 0 saturated heterocycles. The number of sulfone groups is 1. The first-order valence-electron chi connectivity index (χ1n) is 8.82. The average molecular weight is 392 g/mol. The van der Waals surface area contributed by atoms with Crippen LogP contribution in [0.5, 0.6) is 0 Å². The number of aryl methyl sites for hydroxylation is 1. The van der Waals surface area contributed by atoms with Gasteiger partial charge >= 0.3 is 0 Å². The van der Waals surface area contributed by atoms with Crippen LogP contribution in [0.4, 0.5) is 5.69 Å². The molecule has 1 amide bonds. The molecule has 142 valence electrons. The molecular weight excluding hydrogens is 372 g/mol. The molecule has 1 N–H and O–H groups in total. The Labute approximate surface area is 164 Å². The SMILES string of the molecule is CCc1cccc(S(=O)(=O)c2ccc(NC(=O)/C=C/c3cccnc3)cc2)c1. The van der Waals surface area contributed by atoms with Crippen LogP contribution in [0.25, 0.3) is 6.08 Å². The molecule has 28 heavy (non-hydrogen) atoms. The third-order valence-electron chi connectivity index (χ3n) is 4.16. The Morgan fingerprint density at radius 2 is 1.82 bits per heavy atom. The molecule has 3 rings (SSSR count). The number of pyridine rings is 1.